The summed E-state index contributed by atoms with van der Waals surface area (Å²) in [6.07, 6.45) is 2.00. The van der Waals surface area contributed by atoms with Gasteiger partial charge in [-0.2, -0.15) is 0 Å². The van der Waals surface area contributed by atoms with Crippen LogP contribution in [0.15, 0.2) is 18.3 Å². The van der Waals surface area contributed by atoms with Crippen molar-refractivity contribution in [2.45, 2.75) is 26.4 Å². The maximum Gasteiger partial charge on any atom is 0.127 e. The number of anilines is 1. The molecular formula is C15H26N4. The molecule has 2 rings (SSSR count). The molecule has 106 valence electrons. The fourth-order valence-corrected chi connectivity index (χ4v) is 2.47. The maximum absolute atomic E-state index is 4.48. The number of nitrogens with zero attached hydrogens (tertiary/aromatic N) is 4. The van der Waals surface area contributed by atoms with Gasteiger partial charge in [0.05, 0.1) is 0 Å². The molecule has 0 bridgehead atoms. The molecule has 0 aromatic carbocycles. The minimum absolute atomic E-state index is 0.670. The fourth-order valence-electron chi connectivity index (χ4n) is 2.47. The number of piperazine rings is 1. The molecule has 2 heterocycles. The second-order valence-corrected chi connectivity index (χ2v) is 5.82. The number of rotatable bonds is 4. The van der Waals surface area contributed by atoms with Crippen LogP contribution in [0.1, 0.15) is 19.4 Å². The molecular weight excluding hydrogens is 236 g/mol. The van der Waals surface area contributed by atoms with Crippen molar-refractivity contribution in [2.24, 2.45) is 0 Å². The minimum Gasteiger partial charge on any atom is -0.363 e. The molecule has 4 heteroatoms. The quantitative estimate of drug-likeness (QED) is 0.823. The summed E-state index contributed by atoms with van der Waals surface area (Å²) in [4.78, 5) is 11.6. The summed E-state index contributed by atoms with van der Waals surface area (Å²) >= 11 is 0. The summed E-state index contributed by atoms with van der Waals surface area (Å²) < 4.78 is 0. The van der Waals surface area contributed by atoms with E-state index in [1.807, 2.05) is 25.2 Å². The van der Waals surface area contributed by atoms with Gasteiger partial charge in [-0.15, -0.1) is 0 Å². The van der Waals surface area contributed by atoms with Crippen molar-refractivity contribution >= 4 is 5.82 Å². The first-order valence-electron chi connectivity index (χ1n) is 7.15. The Labute approximate surface area is 117 Å². The second kappa shape index (κ2) is 6.35. The standard InChI is InChI=1S/C15H26N4/c1-13(2)19-9-7-18(8-10-19)12-14-5-6-15(16-11-14)17(3)4/h5-6,11,13H,7-10,12H2,1-4H3. The topological polar surface area (TPSA) is 22.6 Å². The average molecular weight is 262 g/mol. The molecule has 0 N–H and O–H groups in total. The van der Waals surface area contributed by atoms with Crippen LogP contribution >= 0.6 is 0 Å². The third kappa shape index (κ3) is 3.91. The van der Waals surface area contributed by atoms with Crippen molar-refractivity contribution in [1.29, 1.82) is 0 Å². The van der Waals surface area contributed by atoms with Crippen LogP contribution in [0.4, 0.5) is 5.82 Å². The van der Waals surface area contributed by atoms with E-state index in [-0.39, 0.29) is 0 Å². The van der Waals surface area contributed by atoms with Gasteiger partial charge in [0.15, 0.2) is 0 Å². The first kappa shape index (κ1) is 14.3. The van der Waals surface area contributed by atoms with E-state index in [4.69, 9.17) is 0 Å². The normalized spacial score (nSPS) is 17.9. The first-order chi connectivity index (χ1) is 9.06. The Balaban J connectivity index is 1.85. The predicted octanol–water partition coefficient (Wildman–Crippen LogP) is 1.67. The Morgan fingerprint density at radius 1 is 1.16 bits per heavy atom. The maximum atomic E-state index is 4.48. The lowest BCUT2D eigenvalue weighted by Crippen LogP contribution is -2.48. The summed E-state index contributed by atoms with van der Waals surface area (Å²) in [5, 5.41) is 0. The Morgan fingerprint density at radius 2 is 1.84 bits per heavy atom. The van der Waals surface area contributed by atoms with Gasteiger partial charge in [-0.3, -0.25) is 9.80 Å². The molecule has 4 nitrogen and oxygen atoms in total. The lowest BCUT2D eigenvalue weighted by molar-refractivity contribution is 0.104. The summed E-state index contributed by atoms with van der Waals surface area (Å²) in [5.74, 6) is 1.02. The predicted molar refractivity (Wildman–Crippen MR) is 80.6 cm³/mol. The largest absolute Gasteiger partial charge is 0.363 e. The van der Waals surface area contributed by atoms with Crippen molar-refractivity contribution in [2.75, 3.05) is 45.2 Å². The van der Waals surface area contributed by atoms with Crippen molar-refractivity contribution in [3.05, 3.63) is 23.9 Å². The monoisotopic (exact) mass is 262 g/mol. The number of hydrogen-bond acceptors (Lipinski definition) is 4. The van der Waals surface area contributed by atoms with Gasteiger partial charge >= 0.3 is 0 Å². The van der Waals surface area contributed by atoms with Crippen molar-refractivity contribution in [3.63, 3.8) is 0 Å². The van der Waals surface area contributed by atoms with Crippen LogP contribution in [0.3, 0.4) is 0 Å². The molecule has 0 aliphatic carbocycles. The molecule has 1 aliphatic heterocycles. The summed E-state index contributed by atoms with van der Waals surface area (Å²) in [6, 6.07) is 4.96. The van der Waals surface area contributed by atoms with Gasteiger partial charge < -0.3 is 4.90 Å². The Hall–Kier alpha value is -1.13. The van der Waals surface area contributed by atoms with Crippen LogP contribution in [-0.4, -0.2) is 61.1 Å². The molecule has 1 aromatic heterocycles. The van der Waals surface area contributed by atoms with Crippen LogP contribution in [-0.2, 0) is 6.54 Å². The molecule has 0 atom stereocenters. The number of hydrogen-bond donors (Lipinski definition) is 0. The molecule has 0 spiro atoms. The number of aromatic nitrogens is 1. The number of pyridine rings is 1. The lowest BCUT2D eigenvalue weighted by atomic mass is 10.2. The molecule has 1 fully saturated rings. The van der Waals surface area contributed by atoms with Gasteiger partial charge in [-0.05, 0) is 25.5 Å². The van der Waals surface area contributed by atoms with E-state index in [9.17, 15) is 0 Å². The van der Waals surface area contributed by atoms with Gasteiger partial charge in [0, 0.05) is 59.1 Å². The molecule has 0 unspecified atom stereocenters. The molecule has 0 saturated carbocycles. The highest BCUT2D eigenvalue weighted by Crippen LogP contribution is 2.12. The minimum atomic E-state index is 0.670. The molecule has 1 aliphatic rings. The zero-order valence-electron chi connectivity index (χ0n) is 12.6. The summed E-state index contributed by atoms with van der Waals surface area (Å²) in [7, 11) is 4.04. The molecule has 0 radical (unpaired) electrons. The Bertz CT molecular complexity index is 378. The van der Waals surface area contributed by atoms with Gasteiger partial charge in [0.2, 0.25) is 0 Å². The third-order valence-corrected chi connectivity index (χ3v) is 3.81. The van der Waals surface area contributed by atoms with Crippen LogP contribution in [0.2, 0.25) is 0 Å². The highest BCUT2D eigenvalue weighted by molar-refractivity contribution is 5.37. The smallest absolute Gasteiger partial charge is 0.127 e. The van der Waals surface area contributed by atoms with Crippen LogP contribution in [0, 0.1) is 0 Å². The lowest BCUT2D eigenvalue weighted by Gasteiger charge is -2.36. The van der Waals surface area contributed by atoms with Crippen molar-refractivity contribution < 1.29 is 0 Å². The zero-order chi connectivity index (χ0) is 13.8. The molecule has 0 amide bonds. The van der Waals surface area contributed by atoms with E-state index in [0.717, 1.165) is 25.5 Å². The van der Waals surface area contributed by atoms with Gasteiger partial charge in [0.1, 0.15) is 5.82 Å². The highest BCUT2D eigenvalue weighted by Gasteiger charge is 2.18. The van der Waals surface area contributed by atoms with E-state index in [1.165, 1.54) is 18.7 Å². The van der Waals surface area contributed by atoms with E-state index in [2.05, 4.69) is 40.8 Å². The van der Waals surface area contributed by atoms with E-state index < -0.39 is 0 Å². The highest BCUT2D eigenvalue weighted by atomic mass is 15.3. The van der Waals surface area contributed by atoms with Gasteiger partial charge in [-0.25, -0.2) is 4.98 Å². The SMILES string of the molecule is CC(C)N1CCN(Cc2ccc(N(C)C)nc2)CC1. The van der Waals surface area contributed by atoms with E-state index in [1.54, 1.807) is 0 Å². The van der Waals surface area contributed by atoms with E-state index in [0.29, 0.717) is 6.04 Å². The molecule has 1 saturated heterocycles. The molecule has 1 aromatic rings. The summed E-state index contributed by atoms with van der Waals surface area (Å²) in [6.45, 7) is 10.3. The van der Waals surface area contributed by atoms with Crippen molar-refractivity contribution in [1.82, 2.24) is 14.8 Å². The van der Waals surface area contributed by atoms with E-state index >= 15 is 0 Å². The first-order valence-corrected chi connectivity index (χ1v) is 7.15. The van der Waals surface area contributed by atoms with Gasteiger partial charge in [-0.1, -0.05) is 6.07 Å². The zero-order valence-corrected chi connectivity index (χ0v) is 12.6. The average Bonchev–Trinajstić information content (AvgIpc) is 2.40. The molecule has 19 heavy (non-hydrogen) atoms. The van der Waals surface area contributed by atoms with Crippen LogP contribution in [0.25, 0.3) is 0 Å². The van der Waals surface area contributed by atoms with Crippen LogP contribution < -0.4 is 4.90 Å². The van der Waals surface area contributed by atoms with Gasteiger partial charge in [0.25, 0.3) is 0 Å². The second-order valence-electron chi connectivity index (χ2n) is 5.82. The fraction of sp³-hybridized carbons (Fsp3) is 0.667. The third-order valence-electron chi connectivity index (χ3n) is 3.81. The van der Waals surface area contributed by atoms with Crippen molar-refractivity contribution in [3.8, 4) is 0 Å². The Morgan fingerprint density at radius 3 is 2.32 bits per heavy atom. The van der Waals surface area contributed by atoms with Crippen LogP contribution in [0.5, 0.6) is 0 Å². The Kier molecular flexibility index (Phi) is 4.77. The summed E-state index contributed by atoms with van der Waals surface area (Å²) in [5.41, 5.74) is 1.31.